The summed E-state index contributed by atoms with van der Waals surface area (Å²) in [6.07, 6.45) is 0. The molecular weight excluding hydrogens is 358 g/mol. The number of amides is 1. The van der Waals surface area contributed by atoms with Gasteiger partial charge in [-0.2, -0.15) is 5.10 Å². The molecular formula is C21H21N3O2S. The maximum absolute atomic E-state index is 12.5. The molecule has 1 saturated heterocycles. The molecule has 0 spiro atoms. The first-order valence-corrected chi connectivity index (χ1v) is 9.84. The average molecular weight is 379 g/mol. The Labute approximate surface area is 162 Å². The van der Waals surface area contributed by atoms with E-state index in [0.717, 1.165) is 47.7 Å². The van der Waals surface area contributed by atoms with E-state index < -0.39 is 0 Å². The molecule has 0 aliphatic carbocycles. The highest BCUT2D eigenvalue weighted by molar-refractivity contribution is 7.17. The number of ether oxygens (including phenoxy) is 1. The van der Waals surface area contributed by atoms with Gasteiger partial charge >= 0.3 is 0 Å². The third kappa shape index (κ3) is 3.86. The van der Waals surface area contributed by atoms with Gasteiger partial charge in [-0.25, -0.2) is 5.43 Å². The van der Waals surface area contributed by atoms with Crippen LogP contribution in [0.25, 0.3) is 10.1 Å². The lowest BCUT2D eigenvalue weighted by molar-refractivity contribution is 0.0957. The lowest BCUT2D eigenvalue weighted by Crippen LogP contribution is -2.36. The van der Waals surface area contributed by atoms with Crippen LogP contribution in [-0.2, 0) is 4.74 Å². The predicted molar refractivity (Wildman–Crippen MR) is 111 cm³/mol. The SMILES string of the molecule is CC(=NNC(=O)c1csc2ccccc12)c1ccc(N2CCOCC2)cc1. The van der Waals surface area contributed by atoms with E-state index in [-0.39, 0.29) is 5.91 Å². The summed E-state index contributed by atoms with van der Waals surface area (Å²) in [5, 5.41) is 7.13. The summed E-state index contributed by atoms with van der Waals surface area (Å²) in [7, 11) is 0. The lowest BCUT2D eigenvalue weighted by atomic mass is 10.1. The van der Waals surface area contributed by atoms with Gasteiger partial charge in [0.1, 0.15) is 0 Å². The van der Waals surface area contributed by atoms with E-state index >= 15 is 0 Å². The average Bonchev–Trinajstić information content (AvgIpc) is 3.17. The van der Waals surface area contributed by atoms with E-state index in [2.05, 4.69) is 27.6 Å². The normalized spacial score (nSPS) is 15.1. The molecule has 0 bridgehead atoms. The topological polar surface area (TPSA) is 53.9 Å². The molecule has 5 nitrogen and oxygen atoms in total. The molecule has 0 unspecified atom stereocenters. The quantitative estimate of drug-likeness (QED) is 0.553. The van der Waals surface area contributed by atoms with Crippen LogP contribution in [0.15, 0.2) is 59.0 Å². The van der Waals surface area contributed by atoms with Crippen molar-refractivity contribution in [3.8, 4) is 0 Å². The first-order valence-electron chi connectivity index (χ1n) is 8.96. The van der Waals surface area contributed by atoms with Crippen LogP contribution in [0.1, 0.15) is 22.8 Å². The molecule has 4 rings (SSSR count). The summed E-state index contributed by atoms with van der Waals surface area (Å²) >= 11 is 1.57. The van der Waals surface area contributed by atoms with Gasteiger partial charge in [0.15, 0.2) is 0 Å². The van der Waals surface area contributed by atoms with Crippen LogP contribution in [0.5, 0.6) is 0 Å². The Morgan fingerprint density at radius 2 is 1.85 bits per heavy atom. The Hall–Kier alpha value is -2.70. The summed E-state index contributed by atoms with van der Waals surface area (Å²) in [5.41, 5.74) is 6.29. The minimum atomic E-state index is -0.184. The van der Waals surface area contributed by atoms with Crippen molar-refractivity contribution in [1.82, 2.24) is 5.43 Å². The molecule has 1 aliphatic rings. The summed E-state index contributed by atoms with van der Waals surface area (Å²) in [5.74, 6) is -0.184. The van der Waals surface area contributed by atoms with Crippen molar-refractivity contribution < 1.29 is 9.53 Å². The van der Waals surface area contributed by atoms with Gasteiger partial charge in [0.05, 0.1) is 24.5 Å². The Morgan fingerprint density at radius 1 is 1.11 bits per heavy atom. The second kappa shape index (κ2) is 7.90. The fraction of sp³-hybridized carbons (Fsp3) is 0.238. The first kappa shape index (κ1) is 17.7. The molecule has 1 N–H and O–H groups in total. The maximum atomic E-state index is 12.5. The second-order valence-corrected chi connectivity index (χ2v) is 7.34. The van der Waals surface area contributed by atoms with Crippen LogP contribution >= 0.6 is 11.3 Å². The molecule has 2 heterocycles. The van der Waals surface area contributed by atoms with Crippen molar-refractivity contribution in [2.24, 2.45) is 5.10 Å². The maximum Gasteiger partial charge on any atom is 0.272 e. The molecule has 1 amide bonds. The van der Waals surface area contributed by atoms with Crippen molar-refractivity contribution in [3.63, 3.8) is 0 Å². The van der Waals surface area contributed by atoms with Crippen molar-refractivity contribution in [2.75, 3.05) is 31.2 Å². The number of hydrogen-bond acceptors (Lipinski definition) is 5. The highest BCUT2D eigenvalue weighted by Gasteiger charge is 2.13. The Balaban J connectivity index is 1.45. The number of nitrogens with one attached hydrogen (secondary N) is 1. The smallest absolute Gasteiger partial charge is 0.272 e. The number of thiophene rings is 1. The van der Waals surface area contributed by atoms with Gasteiger partial charge in [-0.05, 0) is 30.7 Å². The zero-order valence-corrected chi connectivity index (χ0v) is 16.0. The number of nitrogens with zero attached hydrogens (tertiary/aromatic N) is 2. The molecule has 2 aromatic carbocycles. The molecule has 3 aromatic rings. The van der Waals surface area contributed by atoms with Crippen LogP contribution in [0.4, 0.5) is 5.69 Å². The van der Waals surface area contributed by atoms with Crippen molar-refractivity contribution in [1.29, 1.82) is 0 Å². The molecule has 138 valence electrons. The molecule has 1 aliphatic heterocycles. The van der Waals surface area contributed by atoms with E-state index in [0.29, 0.717) is 5.56 Å². The molecule has 1 fully saturated rings. The number of morpholine rings is 1. The molecule has 0 radical (unpaired) electrons. The minimum Gasteiger partial charge on any atom is -0.378 e. The van der Waals surface area contributed by atoms with E-state index in [1.807, 2.05) is 48.7 Å². The fourth-order valence-electron chi connectivity index (χ4n) is 3.15. The van der Waals surface area contributed by atoms with Gasteiger partial charge in [-0.3, -0.25) is 4.79 Å². The highest BCUT2D eigenvalue weighted by Crippen LogP contribution is 2.25. The summed E-state index contributed by atoms with van der Waals surface area (Å²) in [4.78, 5) is 14.8. The van der Waals surface area contributed by atoms with Gasteiger partial charge < -0.3 is 9.64 Å². The van der Waals surface area contributed by atoms with Crippen LogP contribution in [0, 0.1) is 0 Å². The van der Waals surface area contributed by atoms with Crippen LogP contribution in [-0.4, -0.2) is 37.9 Å². The number of hydrogen-bond donors (Lipinski definition) is 1. The summed E-state index contributed by atoms with van der Waals surface area (Å²) < 4.78 is 6.49. The molecule has 27 heavy (non-hydrogen) atoms. The zero-order valence-electron chi connectivity index (χ0n) is 15.1. The Kier molecular flexibility index (Phi) is 5.18. The third-order valence-corrected chi connectivity index (χ3v) is 5.68. The van der Waals surface area contributed by atoms with Crippen LogP contribution in [0.3, 0.4) is 0 Å². The van der Waals surface area contributed by atoms with Gasteiger partial charge in [-0.15, -0.1) is 11.3 Å². The largest absolute Gasteiger partial charge is 0.378 e. The minimum absolute atomic E-state index is 0.184. The van der Waals surface area contributed by atoms with Gasteiger partial charge in [0.25, 0.3) is 5.91 Å². The van der Waals surface area contributed by atoms with Gasteiger partial charge in [-0.1, -0.05) is 30.3 Å². The van der Waals surface area contributed by atoms with E-state index in [4.69, 9.17) is 4.74 Å². The van der Waals surface area contributed by atoms with E-state index in [9.17, 15) is 4.79 Å². The van der Waals surface area contributed by atoms with Crippen molar-refractivity contribution >= 4 is 38.7 Å². The zero-order chi connectivity index (χ0) is 18.6. The Bertz CT molecular complexity index is 973. The second-order valence-electron chi connectivity index (χ2n) is 6.43. The molecule has 0 atom stereocenters. The molecule has 1 aromatic heterocycles. The Morgan fingerprint density at radius 3 is 2.63 bits per heavy atom. The number of anilines is 1. The lowest BCUT2D eigenvalue weighted by Gasteiger charge is -2.28. The number of carbonyl (C=O) groups is 1. The van der Waals surface area contributed by atoms with Gasteiger partial charge in [0.2, 0.25) is 0 Å². The van der Waals surface area contributed by atoms with E-state index in [1.165, 1.54) is 5.69 Å². The van der Waals surface area contributed by atoms with Crippen molar-refractivity contribution in [2.45, 2.75) is 6.92 Å². The highest BCUT2D eigenvalue weighted by atomic mass is 32.1. The number of carbonyl (C=O) groups excluding carboxylic acids is 1. The fourth-order valence-corrected chi connectivity index (χ4v) is 4.09. The van der Waals surface area contributed by atoms with Crippen molar-refractivity contribution in [3.05, 3.63) is 65.0 Å². The number of hydrazone groups is 1. The summed E-state index contributed by atoms with van der Waals surface area (Å²) in [6, 6.07) is 16.1. The number of fused-ring (bicyclic) bond motifs is 1. The predicted octanol–water partition coefficient (Wildman–Crippen LogP) is 3.89. The van der Waals surface area contributed by atoms with Crippen LogP contribution in [0.2, 0.25) is 0 Å². The number of rotatable bonds is 4. The molecule has 6 heteroatoms. The third-order valence-electron chi connectivity index (χ3n) is 4.71. The first-order chi connectivity index (χ1) is 13.2. The number of benzene rings is 2. The molecule has 0 saturated carbocycles. The standard InChI is InChI=1S/C21H21N3O2S/c1-15(16-6-8-17(9-7-16)24-10-12-26-13-11-24)22-23-21(25)19-14-27-20-5-3-2-4-18(19)20/h2-9,14H,10-13H2,1H3,(H,23,25). The van der Waals surface area contributed by atoms with Gasteiger partial charge in [0, 0.05) is 34.2 Å². The van der Waals surface area contributed by atoms with E-state index in [1.54, 1.807) is 11.3 Å². The van der Waals surface area contributed by atoms with Crippen LogP contribution < -0.4 is 10.3 Å². The summed E-state index contributed by atoms with van der Waals surface area (Å²) in [6.45, 7) is 5.26. The monoisotopic (exact) mass is 379 g/mol.